The number of hydrogen-bond donors (Lipinski definition) is 1. The molecule has 0 fully saturated rings. The van der Waals surface area contributed by atoms with Gasteiger partial charge in [-0.3, -0.25) is 0 Å². The molecule has 1 aliphatic rings. The minimum absolute atomic E-state index is 0.352. The predicted molar refractivity (Wildman–Crippen MR) is 57.5 cm³/mol. The minimum atomic E-state index is 0.352. The van der Waals surface area contributed by atoms with Crippen molar-refractivity contribution in [3.8, 4) is 0 Å². The molecule has 2 heteroatoms. The Labute approximate surface area is 88.9 Å². The summed E-state index contributed by atoms with van der Waals surface area (Å²) in [5, 5.41) is 2.35. The standard InChI is InChI=1S/C13H13NO/c1-2-5-11-10(4-1)7-8-14-13(11)12-6-3-9-15-12/h1-6,9,13-14H,7-8H2/p+1/t13-/m1/s1. The summed E-state index contributed by atoms with van der Waals surface area (Å²) in [5.41, 5.74) is 2.86. The molecule has 3 rings (SSSR count). The first-order chi connectivity index (χ1) is 7.45. The lowest BCUT2D eigenvalue weighted by Crippen LogP contribution is -2.87. The molecule has 1 aromatic heterocycles. The maximum Gasteiger partial charge on any atom is 0.170 e. The zero-order valence-corrected chi connectivity index (χ0v) is 8.52. The van der Waals surface area contributed by atoms with Gasteiger partial charge in [-0.2, -0.15) is 0 Å². The molecule has 0 bridgehead atoms. The second-order valence-corrected chi connectivity index (χ2v) is 3.97. The molecule has 1 aliphatic heterocycles. The van der Waals surface area contributed by atoms with Gasteiger partial charge >= 0.3 is 0 Å². The molecule has 1 aromatic carbocycles. The van der Waals surface area contributed by atoms with Crippen LogP contribution in [0.15, 0.2) is 47.1 Å². The highest BCUT2D eigenvalue weighted by atomic mass is 16.3. The first-order valence-electron chi connectivity index (χ1n) is 5.40. The molecule has 0 saturated carbocycles. The third-order valence-corrected chi connectivity index (χ3v) is 3.06. The SMILES string of the molecule is c1coc([C@@H]2[NH2+]CCc3ccccc32)c1. The van der Waals surface area contributed by atoms with Crippen molar-refractivity contribution in [3.63, 3.8) is 0 Å². The molecule has 0 amide bonds. The van der Waals surface area contributed by atoms with Crippen molar-refractivity contribution in [1.82, 2.24) is 0 Å². The Balaban J connectivity index is 2.06. The van der Waals surface area contributed by atoms with E-state index in [1.54, 1.807) is 6.26 Å². The maximum atomic E-state index is 5.50. The van der Waals surface area contributed by atoms with Gasteiger partial charge in [0.15, 0.2) is 11.8 Å². The van der Waals surface area contributed by atoms with Crippen molar-refractivity contribution in [3.05, 3.63) is 59.5 Å². The van der Waals surface area contributed by atoms with Crippen molar-refractivity contribution in [2.24, 2.45) is 0 Å². The van der Waals surface area contributed by atoms with Gasteiger partial charge in [-0.25, -0.2) is 0 Å². The summed E-state index contributed by atoms with van der Waals surface area (Å²) in [5.74, 6) is 1.06. The fraction of sp³-hybridized carbons (Fsp3) is 0.231. The summed E-state index contributed by atoms with van der Waals surface area (Å²) in [6, 6.07) is 13.0. The molecule has 0 saturated heterocycles. The van der Waals surface area contributed by atoms with Crippen LogP contribution in [-0.4, -0.2) is 6.54 Å². The Morgan fingerprint density at radius 2 is 2.07 bits per heavy atom. The maximum absolute atomic E-state index is 5.50. The monoisotopic (exact) mass is 200 g/mol. The topological polar surface area (TPSA) is 29.8 Å². The number of fused-ring (bicyclic) bond motifs is 1. The lowest BCUT2D eigenvalue weighted by atomic mass is 9.93. The van der Waals surface area contributed by atoms with Crippen molar-refractivity contribution < 1.29 is 9.73 Å². The third kappa shape index (κ3) is 1.47. The lowest BCUT2D eigenvalue weighted by Gasteiger charge is -2.21. The molecule has 2 aromatic rings. The molecule has 2 nitrogen and oxygen atoms in total. The van der Waals surface area contributed by atoms with Crippen molar-refractivity contribution >= 4 is 0 Å². The highest BCUT2D eigenvalue weighted by Gasteiger charge is 2.26. The van der Waals surface area contributed by atoms with Gasteiger partial charge in [0.25, 0.3) is 0 Å². The molecule has 0 aliphatic carbocycles. The van der Waals surface area contributed by atoms with Crippen LogP contribution in [0.3, 0.4) is 0 Å². The summed E-state index contributed by atoms with van der Waals surface area (Å²) in [4.78, 5) is 0. The average molecular weight is 200 g/mol. The van der Waals surface area contributed by atoms with Gasteiger partial charge in [-0.1, -0.05) is 24.3 Å². The van der Waals surface area contributed by atoms with E-state index in [0.717, 1.165) is 18.7 Å². The fourth-order valence-electron chi connectivity index (χ4n) is 2.34. The highest BCUT2D eigenvalue weighted by molar-refractivity contribution is 5.33. The van der Waals surface area contributed by atoms with E-state index in [9.17, 15) is 0 Å². The van der Waals surface area contributed by atoms with Crippen LogP contribution in [0.25, 0.3) is 0 Å². The van der Waals surface area contributed by atoms with E-state index < -0.39 is 0 Å². The van der Waals surface area contributed by atoms with E-state index in [-0.39, 0.29) is 0 Å². The summed E-state index contributed by atoms with van der Waals surface area (Å²) in [6.45, 7) is 1.14. The van der Waals surface area contributed by atoms with Crippen molar-refractivity contribution in [2.45, 2.75) is 12.5 Å². The summed E-state index contributed by atoms with van der Waals surface area (Å²) < 4.78 is 5.50. The minimum Gasteiger partial charge on any atom is -0.463 e. The van der Waals surface area contributed by atoms with Crippen LogP contribution in [-0.2, 0) is 6.42 Å². The van der Waals surface area contributed by atoms with Gasteiger partial charge < -0.3 is 9.73 Å². The zero-order valence-electron chi connectivity index (χ0n) is 8.52. The van der Waals surface area contributed by atoms with Gasteiger partial charge in [-0.05, 0) is 17.7 Å². The Kier molecular flexibility index (Phi) is 2.07. The number of rotatable bonds is 1. The fourth-order valence-corrected chi connectivity index (χ4v) is 2.34. The lowest BCUT2D eigenvalue weighted by molar-refractivity contribution is -0.691. The zero-order chi connectivity index (χ0) is 10.1. The van der Waals surface area contributed by atoms with E-state index in [2.05, 4.69) is 35.6 Å². The number of hydrogen-bond acceptors (Lipinski definition) is 1. The van der Waals surface area contributed by atoms with Crippen LogP contribution in [0.5, 0.6) is 0 Å². The number of nitrogens with two attached hydrogens (primary N) is 1. The van der Waals surface area contributed by atoms with Crippen LogP contribution in [0, 0.1) is 0 Å². The van der Waals surface area contributed by atoms with Gasteiger partial charge in [0.1, 0.15) is 0 Å². The molecule has 15 heavy (non-hydrogen) atoms. The van der Waals surface area contributed by atoms with Crippen LogP contribution in [0.2, 0.25) is 0 Å². The van der Waals surface area contributed by atoms with Crippen LogP contribution < -0.4 is 5.32 Å². The molecule has 1 atom stereocenters. The molecule has 76 valence electrons. The van der Waals surface area contributed by atoms with Crippen LogP contribution >= 0.6 is 0 Å². The molecular formula is C13H14NO+. The van der Waals surface area contributed by atoms with E-state index in [1.807, 2.05) is 6.07 Å². The molecule has 0 spiro atoms. The highest BCUT2D eigenvalue weighted by Crippen LogP contribution is 2.24. The van der Waals surface area contributed by atoms with Gasteiger partial charge in [-0.15, -0.1) is 0 Å². The second kappa shape index (κ2) is 3.55. The molecule has 0 unspecified atom stereocenters. The Bertz CT molecular complexity index is 447. The Morgan fingerprint density at radius 3 is 2.93 bits per heavy atom. The molecule has 2 N–H and O–H groups in total. The molecule has 0 radical (unpaired) electrons. The smallest absolute Gasteiger partial charge is 0.170 e. The van der Waals surface area contributed by atoms with Crippen LogP contribution in [0.1, 0.15) is 22.9 Å². The average Bonchev–Trinajstić information content (AvgIpc) is 2.82. The quantitative estimate of drug-likeness (QED) is 0.742. The predicted octanol–water partition coefficient (Wildman–Crippen LogP) is 1.49. The van der Waals surface area contributed by atoms with E-state index >= 15 is 0 Å². The number of furan rings is 1. The number of quaternary nitrogens is 1. The van der Waals surface area contributed by atoms with E-state index in [1.165, 1.54) is 11.1 Å². The van der Waals surface area contributed by atoms with Gasteiger partial charge in [0.2, 0.25) is 0 Å². The van der Waals surface area contributed by atoms with Crippen molar-refractivity contribution in [1.29, 1.82) is 0 Å². The van der Waals surface area contributed by atoms with Crippen LogP contribution in [0.4, 0.5) is 0 Å². The largest absolute Gasteiger partial charge is 0.463 e. The summed E-state index contributed by atoms with van der Waals surface area (Å²) >= 11 is 0. The van der Waals surface area contributed by atoms with Crippen molar-refractivity contribution in [2.75, 3.05) is 6.54 Å². The third-order valence-electron chi connectivity index (χ3n) is 3.06. The van der Waals surface area contributed by atoms with E-state index in [0.29, 0.717) is 6.04 Å². The second-order valence-electron chi connectivity index (χ2n) is 3.97. The van der Waals surface area contributed by atoms with Gasteiger partial charge in [0, 0.05) is 12.0 Å². The Morgan fingerprint density at radius 1 is 1.13 bits per heavy atom. The van der Waals surface area contributed by atoms with Gasteiger partial charge in [0.05, 0.1) is 12.8 Å². The first-order valence-corrected chi connectivity index (χ1v) is 5.40. The molecular weight excluding hydrogens is 186 g/mol. The summed E-state index contributed by atoms with van der Waals surface area (Å²) in [6.07, 6.45) is 2.91. The first kappa shape index (κ1) is 8.74. The summed E-state index contributed by atoms with van der Waals surface area (Å²) in [7, 11) is 0. The normalized spacial score (nSPS) is 19.9. The molecule has 2 heterocycles. The number of benzene rings is 1. The van der Waals surface area contributed by atoms with E-state index in [4.69, 9.17) is 4.42 Å². The Hall–Kier alpha value is -1.54.